The molecule has 1 saturated heterocycles. The van der Waals surface area contributed by atoms with Crippen molar-refractivity contribution in [3.63, 3.8) is 0 Å². The van der Waals surface area contributed by atoms with Gasteiger partial charge in [0, 0.05) is 30.6 Å². The molecular formula is C18H25N3O. The maximum Gasteiger partial charge on any atom is 0.223 e. The van der Waals surface area contributed by atoms with Gasteiger partial charge in [-0.2, -0.15) is 0 Å². The molecule has 2 bridgehead atoms. The van der Waals surface area contributed by atoms with Crippen LogP contribution in [0.5, 0.6) is 0 Å². The topological polar surface area (TPSA) is 46.1 Å². The fourth-order valence-corrected chi connectivity index (χ4v) is 4.74. The minimum atomic E-state index is 0.244. The SMILES string of the molecule is O=C(CCC1CCCCC1)N1C2CCC1c1cncnc1C2. The summed E-state index contributed by atoms with van der Waals surface area (Å²) in [5, 5.41) is 0. The molecule has 118 valence electrons. The van der Waals surface area contributed by atoms with Gasteiger partial charge in [-0.05, 0) is 25.2 Å². The standard InChI is InChI=1S/C18H25N3O/c22-18(9-6-13-4-2-1-3-5-13)21-14-7-8-17(21)15-11-19-12-20-16(15)10-14/h11-14,17H,1-10H2. The van der Waals surface area contributed by atoms with Crippen LogP contribution in [0, 0.1) is 5.92 Å². The van der Waals surface area contributed by atoms with Crippen molar-refractivity contribution in [2.45, 2.75) is 76.3 Å². The molecule has 0 radical (unpaired) electrons. The highest BCUT2D eigenvalue weighted by molar-refractivity contribution is 5.78. The lowest BCUT2D eigenvalue weighted by atomic mass is 9.86. The highest BCUT2D eigenvalue weighted by atomic mass is 16.2. The second-order valence-corrected chi connectivity index (χ2v) is 7.22. The van der Waals surface area contributed by atoms with E-state index in [9.17, 15) is 4.79 Å². The third-order valence-corrected chi connectivity index (χ3v) is 5.90. The molecule has 1 amide bonds. The third kappa shape index (κ3) is 2.53. The lowest BCUT2D eigenvalue weighted by molar-refractivity contribution is -0.135. The molecule has 2 atom stereocenters. The first kappa shape index (κ1) is 14.2. The Kier molecular flexibility index (Phi) is 3.85. The van der Waals surface area contributed by atoms with Crippen molar-refractivity contribution < 1.29 is 4.79 Å². The number of nitrogens with zero attached hydrogens (tertiary/aromatic N) is 3. The van der Waals surface area contributed by atoms with E-state index in [-0.39, 0.29) is 6.04 Å². The number of fused-ring (bicyclic) bond motifs is 4. The van der Waals surface area contributed by atoms with Crippen LogP contribution in [0.4, 0.5) is 0 Å². The monoisotopic (exact) mass is 299 g/mol. The van der Waals surface area contributed by atoms with Gasteiger partial charge in [0.15, 0.2) is 0 Å². The maximum absolute atomic E-state index is 12.8. The molecular weight excluding hydrogens is 274 g/mol. The van der Waals surface area contributed by atoms with Gasteiger partial charge in [0.25, 0.3) is 0 Å². The van der Waals surface area contributed by atoms with Gasteiger partial charge in [0.05, 0.1) is 11.7 Å². The van der Waals surface area contributed by atoms with Crippen LogP contribution in [0.15, 0.2) is 12.5 Å². The summed E-state index contributed by atoms with van der Waals surface area (Å²) in [4.78, 5) is 23.6. The van der Waals surface area contributed by atoms with Gasteiger partial charge in [-0.3, -0.25) is 4.79 Å². The number of rotatable bonds is 3. The molecule has 2 unspecified atom stereocenters. The Morgan fingerprint density at radius 3 is 2.91 bits per heavy atom. The molecule has 3 aliphatic rings. The average molecular weight is 299 g/mol. The zero-order chi connectivity index (χ0) is 14.9. The van der Waals surface area contributed by atoms with Crippen LogP contribution in [0.25, 0.3) is 0 Å². The predicted molar refractivity (Wildman–Crippen MR) is 84.2 cm³/mol. The Bertz CT molecular complexity index is 553. The Morgan fingerprint density at radius 2 is 2.05 bits per heavy atom. The fourth-order valence-electron chi connectivity index (χ4n) is 4.74. The Hall–Kier alpha value is -1.45. The van der Waals surface area contributed by atoms with Crippen LogP contribution in [0.3, 0.4) is 0 Å². The van der Waals surface area contributed by atoms with Crippen LogP contribution in [0.2, 0.25) is 0 Å². The van der Waals surface area contributed by atoms with Crippen LogP contribution >= 0.6 is 0 Å². The molecule has 1 saturated carbocycles. The molecule has 2 aliphatic heterocycles. The van der Waals surface area contributed by atoms with Gasteiger partial charge < -0.3 is 4.90 Å². The molecule has 0 aromatic carbocycles. The van der Waals surface area contributed by atoms with Gasteiger partial charge in [0.1, 0.15) is 6.33 Å². The minimum absolute atomic E-state index is 0.244. The zero-order valence-electron chi connectivity index (χ0n) is 13.2. The number of carbonyl (C=O) groups excluding carboxylic acids is 1. The zero-order valence-corrected chi connectivity index (χ0v) is 13.2. The summed E-state index contributed by atoms with van der Waals surface area (Å²) >= 11 is 0. The van der Waals surface area contributed by atoms with Crippen molar-refractivity contribution in [1.82, 2.24) is 14.9 Å². The summed E-state index contributed by atoms with van der Waals surface area (Å²) < 4.78 is 0. The van der Waals surface area contributed by atoms with Gasteiger partial charge in [-0.1, -0.05) is 32.1 Å². The van der Waals surface area contributed by atoms with Crippen molar-refractivity contribution in [2.24, 2.45) is 5.92 Å². The van der Waals surface area contributed by atoms with Gasteiger partial charge in [0.2, 0.25) is 5.91 Å². The smallest absolute Gasteiger partial charge is 0.223 e. The molecule has 4 nitrogen and oxygen atoms in total. The van der Waals surface area contributed by atoms with E-state index in [0.717, 1.165) is 38.0 Å². The number of carbonyl (C=O) groups is 1. The minimum Gasteiger partial charge on any atom is -0.332 e. The largest absolute Gasteiger partial charge is 0.332 e. The van der Waals surface area contributed by atoms with Crippen LogP contribution in [0.1, 0.15) is 75.1 Å². The van der Waals surface area contributed by atoms with Gasteiger partial charge in [-0.25, -0.2) is 9.97 Å². The molecule has 4 rings (SSSR count). The Morgan fingerprint density at radius 1 is 1.18 bits per heavy atom. The number of hydrogen-bond donors (Lipinski definition) is 0. The van der Waals surface area contributed by atoms with Crippen LogP contribution < -0.4 is 0 Å². The fraction of sp³-hybridized carbons (Fsp3) is 0.722. The lowest BCUT2D eigenvalue weighted by Crippen LogP contribution is -2.42. The highest BCUT2D eigenvalue weighted by Crippen LogP contribution is 2.43. The van der Waals surface area contributed by atoms with Crippen LogP contribution in [-0.4, -0.2) is 26.8 Å². The number of amides is 1. The summed E-state index contributed by atoms with van der Waals surface area (Å²) in [7, 11) is 0. The molecule has 1 aromatic heterocycles. The van der Waals surface area contributed by atoms with E-state index in [2.05, 4.69) is 14.9 Å². The van der Waals surface area contributed by atoms with Crippen LogP contribution in [-0.2, 0) is 11.2 Å². The van der Waals surface area contributed by atoms with Gasteiger partial charge >= 0.3 is 0 Å². The summed E-state index contributed by atoms with van der Waals surface area (Å²) in [6.45, 7) is 0. The summed E-state index contributed by atoms with van der Waals surface area (Å²) in [6, 6.07) is 0.625. The summed E-state index contributed by atoms with van der Waals surface area (Å²) in [6.07, 6.45) is 15.3. The molecule has 3 heterocycles. The van der Waals surface area contributed by atoms with E-state index in [1.165, 1.54) is 43.4 Å². The Balaban J connectivity index is 1.43. The van der Waals surface area contributed by atoms with E-state index in [1.807, 2.05) is 6.20 Å². The first-order chi connectivity index (χ1) is 10.8. The Labute approximate surface area is 132 Å². The molecule has 0 N–H and O–H groups in total. The third-order valence-electron chi connectivity index (χ3n) is 5.90. The second-order valence-electron chi connectivity index (χ2n) is 7.22. The molecule has 1 aromatic rings. The average Bonchev–Trinajstić information content (AvgIpc) is 2.89. The lowest BCUT2D eigenvalue weighted by Gasteiger charge is -2.36. The van der Waals surface area contributed by atoms with Crippen molar-refractivity contribution in [3.05, 3.63) is 23.8 Å². The quantitative estimate of drug-likeness (QED) is 0.859. The normalized spacial score (nSPS) is 27.7. The van der Waals surface area contributed by atoms with Crippen molar-refractivity contribution in [2.75, 3.05) is 0 Å². The predicted octanol–water partition coefficient (Wildman–Crippen LogP) is 3.43. The maximum atomic E-state index is 12.8. The van der Waals surface area contributed by atoms with E-state index >= 15 is 0 Å². The molecule has 22 heavy (non-hydrogen) atoms. The van der Waals surface area contributed by atoms with Gasteiger partial charge in [-0.15, -0.1) is 0 Å². The molecule has 4 heteroatoms. The first-order valence-electron chi connectivity index (χ1n) is 8.93. The molecule has 1 aliphatic carbocycles. The van der Waals surface area contributed by atoms with Crippen molar-refractivity contribution >= 4 is 5.91 Å². The van der Waals surface area contributed by atoms with Crippen molar-refractivity contribution in [1.29, 1.82) is 0 Å². The van der Waals surface area contributed by atoms with E-state index in [0.29, 0.717) is 11.9 Å². The molecule has 2 fully saturated rings. The first-order valence-corrected chi connectivity index (χ1v) is 8.93. The second kappa shape index (κ2) is 5.98. The summed E-state index contributed by atoms with van der Waals surface area (Å²) in [5.74, 6) is 1.16. The van der Waals surface area contributed by atoms with E-state index in [4.69, 9.17) is 0 Å². The molecule has 0 spiro atoms. The number of aromatic nitrogens is 2. The van der Waals surface area contributed by atoms with E-state index in [1.54, 1.807) is 6.33 Å². The highest BCUT2D eigenvalue weighted by Gasteiger charge is 2.42. The van der Waals surface area contributed by atoms with Crippen molar-refractivity contribution in [3.8, 4) is 0 Å². The number of hydrogen-bond acceptors (Lipinski definition) is 3. The summed E-state index contributed by atoms with van der Waals surface area (Å²) in [5.41, 5.74) is 2.36. The van der Waals surface area contributed by atoms with E-state index < -0.39 is 0 Å².